The third-order valence-electron chi connectivity index (χ3n) is 13.5. The number of rotatable bonds is 9. The second kappa shape index (κ2) is 16.6. The van der Waals surface area contributed by atoms with E-state index < -0.39 is 5.41 Å². The van der Waals surface area contributed by atoms with Crippen LogP contribution in [-0.4, -0.2) is 0 Å². The van der Waals surface area contributed by atoms with Crippen LogP contribution in [0.25, 0.3) is 66.4 Å². The molecule has 1 heteroatoms. The summed E-state index contributed by atoms with van der Waals surface area (Å²) in [6, 6.07) is 100. The second-order valence-corrected chi connectivity index (χ2v) is 17.2. The van der Waals surface area contributed by atoms with E-state index in [2.05, 4.69) is 278 Å². The van der Waals surface area contributed by atoms with E-state index in [9.17, 15) is 0 Å². The molecule has 0 atom stereocenters. The highest BCUT2D eigenvalue weighted by molar-refractivity contribution is 5.99. The summed E-state index contributed by atoms with van der Waals surface area (Å²) in [5.74, 6) is 0. The lowest BCUT2D eigenvalue weighted by molar-refractivity contribution is 0.768. The SMILES string of the molecule is c1ccc(-c2cc(-c3ccccc3)cc(N(c3ccc4c(c3)C(c3ccccc3)(c3ccccc3)c3ccccc3-4)c3ccccc3-c3cccc(-c4cccc5ccccc45)c3)c2)cc1. The summed E-state index contributed by atoms with van der Waals surface area (Å²) in [5, 5.41) is 2.48. The van der Waals surface area contributed by atoms with E-state index in [4.69, 9.17) is 0 Å². The standard InChI is InChI=1S/C65H45N/c1-5-21-46(22-6-1)51-42-52(47-23-7-2-8-24-47)44-56(43-51)66(64-38-18-16-34-59(64)50-28-19-27-49(41-50)58-36-20-26-48-25-13-14-33-57(48)58)55-39-40-61-60-35-15-17-37-62(60)65(63(61)45-55,53-29-9-3-10-30-53)54-31-11-4-12-32-54/h1-45H. The van der Waals surface area contributed by atoms with Gasteiger partial charge >= 0.3 is 0 Å². The van der Waals surface area contributed by atoms with E-state index in [1.165, 1.54) is 66.4 Å². The molecule has 0 radical (unpaired) electrons. The molecular weight excluding hydrogens is 795 g/mol. The zero-order valence-corrected chi connectivity index (χ0v) is 36.4. The van der Waals surface area contributed by atoms with E-state index in [1.54, 1.807) is 0 Å². The number of anilines is 3. The first kappa shape index (κ1) is 39.1. The van der Waals surface area contributed by atoms with E-state index in [0.29, 0.717) is 0 Å². The summed E-state index contributed by atoms with van der Waals surface area (Å²) < 4.78 is 0. The predicted molar refractivity (Wildman–Crippen MR) is 278 cm³/mol. The van der Waals surface area contributed by atoms with Crippen LogP contribution in [0.15, 0.2) is 273 Å². The molecule has 0 fully saturated rings. The Kier molecular flexibility index (Phi) is 9.81. The van der Waals surface area contributed by atoms with Gasteiger partial charge in [-0.15, -0.1) is 0 Å². The molecule has 0 amide bonds. The maximum absolute atomic E-state index is 2.50. The van der Waals surface area contributed by atoms with Crippen LogP contribution in [0.4, 0.5) is 17.1 Å². The third kappa shape index (κ3) is 6.64. The van der Waals surface area contributed by atoms with Crippen LogP contribution in [0, 0.1) is 0 Å². The fourth-order valence-corrected chi connectivity index (χ4v) is 10.6. The highest BCUT2D eigenvalue weighted by Crippen LogP contribution is 2.57. The highest BCUT2D eigenvalue weighted by atomic mass is 15.1. The van der Waals surface area contributed by atoms with Gasteiger partial charge in [-0.2, -0.15) is 0 Å². The number of hydrogen-bond donors (Lipinski definition) is 0. The van der Waals surface area contributed by atoms with Crippen LogP contribution in [0.3, 0.4) is 0 Å². The topological polar surface area (TPSA) is 3.24 Å². The largest absolute Gasteiger partial charge is 0.310 e. The molecule has 1 aliphatic carbocycles. The first-order chi connectivity index (χ1) is 32.7. The normalized spacial score (nSPS) is 12.4. The maximum Gasteiger partial charge on any atom is 0.0714 e. The van der Waals surface area contributed by atoms with Gasteiger partial charge in [0.25, 0.3) is 0 Å². The molecule has 12 rings (SSSR count). The molecule has 0 aliphatic heterocycles. The summed E-state index contributed by atoms with van der Waals surface area (Å²) in [6.45, 7) is 0. The van der Waals surface area contributed by atoms with Crippen LogP contribution in [-0.2, 0) is 5.41 Å². The lowest BCUT2D eigenvalue weighted by Crippen LogP contribution is -2.28. The van der Waals surface area contributed by atoms with Gasteiger partial charge in [-0.05, 0) is 126 Å². The Hall–Kier alpha value is -8.52. The van der Waals surface area contributed by atoms with Gasteiger partial charge in [-0.25, -0.2) is 0 Å². The average Bonchev–Trinajstić information content (AvgIpc) is 3.70. The minimum absolute atomic E-state index is 0.552. The van der Waals surface area contributed by atoms with Crippen molar-refractivity contribution in [1.82, 2.24) is 0 Å². The molecule has 0 saturated carbocycles. The smallest absolute Gasteiger partial charge is 0.0714 e. The van der Waals surface area contributed by atoms with E-state index in [-0.39, 0.29) is 0 Å². The second-order valence-electron chi connectivity index (χ2n) is 17.2. The van der Waals surface area contributed by atoms with E-state index >= 15 is 0 Å². The molecule has 0 aromatic heterocycles. The maximum atomic E-state index is 2.50. The summed E-state index contributed by atoms with van der Waals surface area (Å²) in [4.78, 5) is 2.50. The fourth-order valence-electron chi connectivity index (χ4n) is 10.6. The minimum Gasteiger partial charge on any atom is -0.310 e. The van der Waals surface area contributed by atoms with Gasteiger partial charge in [0.05, 0.1) is 11.1 Å². The van der Waals surface area contributed by atoms with Crippen molar-refractivity contribution in [2.75, 3.05) is 4.90 Å². The van der Waals surface area contributed by atoms with Gasteiger partial charge in [0.15, 0.2) is 0 Å². The molecule has 1 aliphatic rings. The predicted octanol–water partition coefficient (Wildman–Crippen LogP) is 17.3. The Labute approximate surface area is 387 Å². The van der Waals surface area contributed by atoms with E-state index in [1.807, 2.05) is 0 Å². The number of nitrogens with zero attached hydrogens (tertiary/aromatic N) is 1. The Morgan fingerprint density at radius 1 is 0.258 bits per heavy atom. The molecule has 0 bridgehead atoms. The van der Waals surface area contributed by atoms with Gasteiger partial charge in [0, 0.05) is 16.9 Å². The van der Waals surface area contributed by atoms with Crippen molar-refractivity contribution in [3.8, 4) is 55.6 Å². The van der Waals surface area contributed by atoms with Gasteiger partial charge < -0.3 is 4.90 Å². The first-order valence-electron chi connectivity index (χ1n) is 22.8. The van der Waals surface area contributed by atoms with Crippen molar-refractivity contribution in [3.05, 3.63) is 295 Å². The summed E-state index contributed by atoms with van der Waals surface area (Å²) in [6.07, 6.45) is 0. The molecular formula is C65H45N. The van der Waals surface area contributed by atoms with Crippen LogP contribution in [0.2, 0.25) is 0 Å². The summed E-state index contributed by atoms with van der Waals surface area (Å²) in [5.41, 5.74) is 19.6. The molecule has 310 valence electrons. The molecule has 0 N–H and O–H groups in total. The Bertz CT molecular complexity index is 3420. The zero-order valence-electron chi connectivity index (χ0n) is 36.4. The van der Waals surface area contributed by atoms with Crippen molar-refractivity contribution in [1.29, 1.82) is 0 Å². The molecule has 11 aromatic rings. The third-order valence-corrected chi connectivity index (χ3v) is 13.5. The summed E-state index contributed by atoms with van der Waals surface area (Å²) >= 11 is 0. The minimum atomic E-state index is -0.552. The average molecular weight is 840 g/mol. The van der Waals surface area contributed by atoms with Crippen molar-refractivity contribution >= 4 is 27.8 Å². The number of hydrogen-bond acceptors (Lipinski definition) is 1. The quantitative estimate of drug-likeness (QED) is 0.140. The molecule has 0 heterocycles. The van der Waals surface area contributed by atoms with Gasteiger partial charge in [0.1, 0.15) is 0 Å². The summed E-state index contributed by atoms with van der Waals surface area (Å²) in [7, 11) is 0. The van der Waals surface area contributed by atoms with E-state index in [0.717, 1.165) is 39.3 Å². The first-order valence-corrected chi connectivity index (χ1v) is 22.8. The van der Waals surface area contributed by atoms with Crippen molar-refractivity contribution in [3.63, 3.8) is 0 Å². The monoisotopic (exact) mass is 839 g/mol. The lowest BCUT2D eigenvalue weighted by Gasteiger charge is -2.35. The number of para-hydroxylation sites is 1. The van der Waals surface area contributed by atoms with Gasteiger partial charge in [0.2, 0.25) is 0 Å². The molecule has 0 spiro atoms. The van der Waals surface area contributed by atoms with Crippen LogP contribution >= 0.6 is 0 Å². The van der Waals surface area contributed by atoms with Crippen molar-refractivity contribution in [2.24, 2.45) is 0 Å². The van der Waals surface area contributed by atoms with Crippen LogP contribution in [0.1, 0.15) is 22.3 Å². The molecule has 0 saturated heterocycles. The van der Waals surface area contributed by atoms with Crippen molar-refractivity contribution in [2.45, 2.75) is 5.41 Å². The highest BCUT2D eigenvalue weighted by Gasteiger charge is 2.46. The Balaban J connectivity index is 1.14. The lowest BCUT2D eigenvalue weighted by atomic mass is 9.67. The zero-order chi connectivity index (χ0) is 43.9. The fraction of sp³-hybridized carbons (Fsp3) is 0.0154. The Morgan fingerprint density at radius 3 is 1.41 bits per heavy atom. The van der Waals surface area contributed by atoms with Crippen LogP contribution < -0.4 is 4.90 Å². The number of fused-ring (bicyclic) bond motifs is 4. The Morgan fingerprint density at radius 2 is 0.727 bits per heavy atom. The van der Waals surface area contributed by atoms with Gasteiger partial charge in [-0.3, -0.25) is 0 Å². The molecule has 1 nitrogen and oxygen atoms in total. The number of benzene rings is 11. The van der Waals surface area contributed by atoms with Gasteiger partial charge in [-0.1, -0.05) is 231 Å². The van der Waals surface area contributed by atoms with Crippen LogP contribution in [0.5, 0.6) is 0 Å². The molecule has 11 aromatic carbocycles. The molecule has 66 heavy (non-hydrogen) atoms. The van der Waals surface area contributed by atoms with Crippen molar-refractivity contribution < 1.29 is 0 Å². The molecule has 0 unspecified atom stereocenters.